The average Bonchev–Trinajstić information content (AvgIpc) is 2.82. The van der Waals surface area contributed by atoms with E-state index < -0.39 is 10.8 Å². The summed E-state index contributed by atoms with van der Waals surface area (Å²) in [5.74, 6) is 0.737. The molecule has 0 atom stereocenters. The molecule has 0 spiro atoms. The standard InChI is InChI=1S/C23H21N3O6/c1-30-21-12-6-3-9-18(21)23(27)25-24-16-17-8-2-5-11-20(17)31-14-15-32-22-13-7-4-10-19(22)26(28)29/h2-13,16H,14-15H2,1H3,(H,25,27)/b24-16+. The molecule has 0 unspecified atom stereocenters. The molecular weight excluding hydrogens is 414 g/mol. The largest absolute Gasteiger partial charge is 0.496 e. The summed E-state index contributed by atoms with van der Waals surface area (Å²) in [6.07, 6.45) is 1.46. The van der Waals surface area contributed by atoms with Gasteiger partial charge in [-0.25, -0.2) is 5.43 Å². The Hall–Kier alpha value is -4.40. The fraction of sp³-hybridized carbons (Fsp3) is 0.130. The van der Waals surface area contributed by atoms with Gasteiger partial charge in [0, 0.05) is 11.6 Å². The Labute approximate surface area is 184 Å². The van der Waals surface area contributed by atoms with Gasteiger partial charge >= 0.3 is 5.69 Å². The molecule has 0 aromatic heterocycles. The number of hydrazone groups is 1. The van der Waals surface area contributed by atoms with Crippen LogP contribution < -0.4 is 19.6 Å². The molecule has 3 aromatic rings. The lowest BCUT2D eigenvalue weighted by Gasteiger charge is -2.10. The van der Waals surface area contributed by atoms with Gasteiger partial charge in [0.25, 0.3) is 5.91 Å². The number of nitrogens with one attached hydrogen (secondary N) is 1. The first-order chi connectivity index (χ1) is 15.6. The number of hydrogen-bond acceptors (Lipinski definition) is 7. The Morgan fingerprint density at radius 3 is 2.25 bits per heavy atom. The summed E-state index contributed by atoms with van der Waals surface area (Å²) < 4.78 is 16.4. The van der Waals surface area contributed by atoms with E-state index in [9.17, 15) is 14.9 Å². The number of nitrogens with zero attached hydrogens (tertiary/aromatic N) is 2. The fourth-order valence-electron chi connectivity index (χ4n) is 2.80. The van der Waals surface area contributed by atoms with Crippen molar-refractivity contribution < 1.29 is 23.9 Å². The van der Waals surface area contributed by atoms with Gasteiger partial charge in [-0.05, 0) is 30.3 Å². The minimum absolute atomic E-state index is 0.106. The molecule has 0 saturated heterocycles. The third-order valence-electron chi connectivity index (χ3n) is 4.30. The molecule has 0 bridgehead atoms. The van der Waals surface area contributed by atoms with E-state index >= 15 is 0 Å². The average molecular weight is 435 g/mol. The molecule has 9 nitrogen and oxygen atoms in total. The Morgan fingerprint density at radius 1 is 0.938 bits per heavy atom. The van der Waals surface area contributed by atoms with E-state index in [4.69, 9.17) is 14.2 Å². The van der Waals surface area contributed by atoms with Gasteiger partial charge in [-0.1, -0.05) is 36.4 Å². The molecule has 0 radical (unpaired) electrons. The van der Waals surface area contributed by atoms with E-state index in [-0.39, 0.29) is 24.7 Å². The highest BCUT2D eigenvalue weighted by Gasteiger charge is 2.13. The van der Waals surface area contributed by atoms with Gasteiger partial charge in [0.15, 0.2) is 5.75 Å². The van der Waals surface area contributed by atoms with Crippen molar-refractivity contribution >= 4 is 17.8 Å². The first-order valence-electron chi connectivity index (χ1n) is 9.64. The van der Waals surface area contributed by atoms with E-state index in [2.05, 4.69) is 10.5 Å². The number of rotatable bonds is 10. The zero-order valence-corrected chi connectivity index (χ0v) is 17.3. The number of ether oxygens (including phenoxy) is 3. The lowest BCUT2D eigenvalue weighted by atomic mass is 10.2. The van der Waals surface area contributed by atoms with Crippen molar-refractivity contribution in [2.75, 3.05) is 20.3 Å². The smallest absolute Gasteiger partial charge is 0.310 e. The summed E-state index contributed by atoms with van der Waals surface area (Å²) in [6, 6.07) is 20.1. The maximum absolute atomic E-state index is 12.3. The van der Waals surface area contributed by atoms with Gasteiger partial charge in [0.1, 0.15) is 24.7 Å². The van der Waals surface area contributed by atoms with Crippen LogP contribution in [0.5, 0.6) is 17.2 Å². The molecule has 0 aliphatic heterocycles. The van der Waals surface area contributed by atoms with E-state index in [1.165, 1.54) is 25.5 Å². The molecule has 0 aliphatic rings. The Balaban J connectivity index is 1.57. The Morgan fingerprint density at radius 2 is 1.53 bits per heavy atom. The van der Waals surface area contributed by atoms with Gasteiger partial charge in [-0.2, -0.15) is 5.10 Å². The summed E-state index contributed by atoms with van der Waals surface area (Å²) in [7, 11) is 1.49. The second-order valence-electron chi connectivity index (χ2n) is 6.36. The van der Waals surface area contributed by atoms with E-state index in [1.54, 1.807) is 60.7 Å². The van der Waals surface area contributed by atoms with Gasteiger partial charge in [-0.3, -0.25) is 14.9 Å². The number of methoxy groups -OCH3 is 1. The quantitative estimate of drug-likeness (QED) is 0.224. The maximum atomic E-state index is 12.3. The Bertz CT molecular complexity index is 1120. The number of para-hydroxylation sites is 4. The summed E-state index contributed by atoms with van der Waals surface area (Å²) in [5.41, 5.74) is 3.36. The molecule has 164 valence electrons. The van der Waals surface area contributed by atoms with Crippen LogP contribution in [0.3, 0.4) is 0 Å². The molecule has 0 aliphatic carbocycles. The molecule has 1 amide bonds. The van der Waals surface area contributed by atoms with Crippen LogP contribution in [0.15, 0.2) is 77.9 Å². The molecule has 0 heterocycles. The summed E-state index contributed by atoms with van der Waals surface area (Å²) in [6.45, 7) is 0.269. The number of carbonyl (C=O) groups is 1. The van der Waals surface area contributed by atoms with Crippen LogP contribution in [0.25, 0.3) is 0 Å². The van der Waals surface area contributed by atoms with Crippen molar-refractivity contribution in [3.05, 3.63) is 94.0 Å². The molecule has 0 fully saturated rings. The van der Waals surface area contributed by atoms with Crippen molar-refractivity contribution in [2.45, 2.75) is 0 Å². The van der Waals surface area contributed by atoms with E-state index in [0.29, 0.717) is 22.6 Å². The first-order valence-corrected chi connectivity index (χ1v) is 9.64. The minimum Gasteiger partial charge on any atom is -0.496 e. The molecule has 3 rings (SSSR count). The minimum atomic E-state index is -0.499. The molecule has 9 heteroatoms. The van der Waals surface area contributed by atoms with E-state index in [1.807, 2.05) is 0 Å². The zero-order valence-electron chi connectivity index (χ0n) is 17.3. The number of nitro groups is 1. The lowest BCUT2D eigenvalue weighted by Crippen LogP contribution is -2.18. The van der Waals surface area contributed by atoms with Crippen LogP contribution in [0.1, 0.15) is 15.9 Å². The van der Waals surface area contributed by atoms with Gasteiger partial charge in [-0.15, -0.1) is 0 Å². The molecule has 0 saturated carbocycles. The summed E-state index contributed by atoms with van der Waals surface area (Å²) in [5, 5.41) is 15.0. The third-order valence-corrected chi connectivity index (χ3v) is 4.30. The van der Waals surface area contributed by atoms with Crippen molar-refractivity contribution in [1.29, 1.82) is 0 Å². The first kappa shape index (κ1) is 22.3. The van der Waals surface area contributed by atoms with Gasteiger partial charge in [0.05, 0.1) is 23.8 Å². The normalized spacial score (nSPS) is 10.5. The number of hydrogen-bond donors (Lipinski definition) is 1. The number of carbonyl (C=O) groups excluding carboxylic acids is 1. The van der Waals surface area contributed by atoms with Crippen LogP contribution in [-0.2, 0) is 0 Å². The second-order valence-corrected chi connectivity index (χ2v) is 6.36. The second kappa shape index (κ2) is 11.1. The predicted octanol–water partition coefficient (Wildman–Crippen LogP) is 3.83. The van der Waals surface area contributed by atoms with Gasteiger partial charge < -0.3 is 14.2 Å². The molecule has 3 aromatic carbocycles. The summed E-state index contributed by atoms with van der Waals surface area (Å²) in [4.78, 5) is 22.9. The monoisotopic (exact) mass is 435 g/mol. The Kier molecular flexibility index (Phi) is 7.74. The van der Waals surface area contributed by atoms with Crippen LogP contribution in [-0.4, -0.2) is 37.4 Å². The van der Waals surface area contributed by atoms with Crippen molar-refractivity contribution in [2.24, 2.45) is 5.10 Å². The lowest BCUT2D eigenvalue weighted by molar-refractivity contribution is -0.385. The van der Waals surface area contributed by atoms with Crippen LogP contribution in [0.4, 0.5) is 5.69 Å². The van der Waals surface area contributed by atoms with Crippen molar-refractivity contribution in [3.8, 4) is 17.2 Å². The highest BCUT2D eigenvalue weighted by atomic mass is 16.6. The maximum Gasteiger partial charge on any atom is 0.310 e. The molecule has 32 heavy (non-hydrogen) atoms. The number of amides is 1. The topological polar surface area (TPSA) is 112 Å². The third kappa shape index (κ3) is 5.82. The van der Waals surface area contributed by atoms with Crippen molar-refractivity contribution in [1.82, 2.24) is 5.43 Å². The van der Waals surface area contributed by atoms with Crippen LogP contribution >= 0.6 is 0 Å². The SMILES string of the molecule is COc1ccccc1C(=O)N/N=C/c1ccccc1OCCOc1ccccc1[N+](=O)[O-]. The van der Waals surface area contributed by atoms with Crippen molar-refractivity contribution in [3.63, 3.8) is 0 Å². The summed E-state index contributed by atoms with van der Waals surface area (Å²) >= 11 is 0. The molecular formula is C23H21N3O6. The number of nitro benzene ring substituents is 1. The predicted molar refractivity (Wildman–Crippen MR) is 119 cm³/mol. The number of benzene rings is 3. The fourth-order valence-corrected chi connectivity index (χ4v) is 2.80. The zero-order chi connectivity index (χ0) is 22.8. The van der Waals surface area contributed by atoms with Crippen LogP contribution in [0, 0.1) is 10.1 Å². The molecule has 1 N–H and O–H groups in total. The highest BCUT2D eigenvalue weighted by Crippen LogP contribution is 2.25. The highest BCUT2D eigenvalue weighted by molar-refractivity contribution is 5.97. The van der Waals surface area contributed by atoms with Gasteiger partial charge in [0.2, 0.25) is 0 Å². The van der Waals surface area contributed by atoms with Crippen LogP contribution in [0.2, 0.25) is 0 Å². The van der Waals surface area contributed by atoms with E-state index in [0.717, 1.165) is 0 Å².